The van der Waals surface area contributed by atoms with E-state index in [2.05, 4.69) is 10.4 Å². The lowest BCUT2D eigenvalue weighted by molar-refractivity contribution is -0.137. The Balaban J connectivity index is 1.77. The Morgan fingerprint density at radius 3 is 2.66 bits per heavy atom. The minimum atomic E-state index is -4.67. The zero-order chi connectivity index (χ0) is 21.2. The van der Waals surface area contributed by atoms with Crippen molar-refractivity contribution in [3.05, 3.63) is 47.3 Å². The molecule has 0 radical (unpaired) electrons. The van der Waals surface area contributed by atoms with Crippen LogP contribution in [0.4, 0.5) is 18.9 Å². The molecule has 0 unspecified atom stereocenters. The van der Waals surface area contributed by atoms with E-state index in [4.69, 9.17) is 0 Å². The minimum absolute atomic E-state index is 0.0530. The number of benzene rings is 1. The molecule has 1 atom stereocenters. The summed E-state index contributed by atoms with van der Waals surface area (Å²) < 4.78 is 41.4. The molecule has 1 fully saturated rings. The van der Waals surface area contributed by atoms with Crippen molar-refractivity contribution in [3.8, 4) is 0 Å². The zero-order valence-electron chi connectivity index (χ0n) is 15.7. The molecule has 1 saturated heterocycles. The molecule has 2 heterocycles. The fourth-order valence-electron chi connectivity index (χ4n) is 3.21. The van der Waals surface area contributed by atoms with Crippen molar-refractivity contribution in [1.29, 1.82) is 0 Å². The summed E-state index contributed by atoms with van der Waals surface area (Å²) >= 11 is 0. The maximum atomic E-state index is 13.3. The number of halogens is 3. The van der Waals surface area contributed by atoms with Gasteiger partial charge >= 0.3 is 6.18 Å². The third kappa shape index (κ3) is 5.14. The summed E-state index contributed by atoms with van der Waals surface area (Å²) in [5.74, 6) is -1.08. The molecule has 1 aliphatic heterocycles. The molecule has 1 aromatic heterocycles. The molecular formula is C19H21F3N4O3. The van der Waals surface area contributed by atoms with Crippen LogP contribution < -0.4 is 5.32 Å². The fraction of sp³-hybridized carbons (Fsp3) is 0.421. The molecule has 2 amide bonds. The number of β-amino-alcohol motifs (C(OH)–C–C–N with tert-alkyl or cyclic N) is 1. The lowest BCUT2D eigenvalue weighted by Crippen LogP contribution is -2.30. The van der Waals surface area contributed by atoms with Crippen LogP contribution in [0.3, 0.4) is 0 Å². The van der Waals surface area contributed by atoms with E-state index in [-0.39, 0.29) is 30.8 Å². The van der Waals surface area contributed by atoms with Gasteiger partial charge in [0.2, 0.25) is 5.91 Å². The van der Waals surface area contributed by atoms with Gasteiger partial charge in [0.15, 0.2) is 0 Å². The molecule has 0 spiro atoms. The monoisotopic (exact) mass is 410 g/mol. The van der Waals surface area contributed by atoms with Crippen molar-refractivity contribution >= 4 is 17.5 Å². The van der Waals surface area contributed by atoms with Gasteiger partial charge in [-0.2, -0.15) is 18.3 Å². The van der Waals surface area contributed by atoms with Crippen LogP contribution in [0.2, 0.25) is 0 Å². The van der Waals surface area contributed by atoms with Crippen LogP contribution in [0.5, 0.6) is 0 Å². The molecule has 0 saturated carbocycles. The molecule has 29 heavy (non-hydrogen) atoms. The highest BCUT2D eigenvalue weighted by Crippen LogP contribution is 2.32. The average Bonchev–Trinajstić information content (AvgIpc) is 3.26. The second-order valence-electron chi connectivity index (χ2n) is 6.98. The van der Waals surface area contributed by atoms with Gasteiger partial charge in [-0.15, -0.1) is 0 Å². The van der Waals surface area contributed by atoms with E-state index >= 15 is 0 Å². The second kappa shape index (κ2) is 8.24. The van der Waals surface area contributed by atoms with Crippen molar-refractivity contribution in [2.24, 2.45) is 7.05 Å². The number of amides is 2. The molecule has 0 aliphatic carbocycles. The van der Waals surface area contributed by atoms with E-state index in [0.717, 1.165) is 17.8 Å². The summed E-state index contributed by atoms with van der Waals surface area (Å²) in [6.07, 6.45) is -2.96. The number of anilines is 1. The van der Waals surface area contributed by atoms with Crippen LogP contribution in [0.1, 0.15) is 34.5 Å². The van der Waals surface area contributed by atoms with Gasteiger partial charge in [-0.1, -0.05) is 0 Å². The van der Waals surface area contributed by atoms with Crippen LogP contribution in [-0.4, -0.2) is 50.8 Å². The third-order valence-corrected chi connectivity index (χ3v) is 4.77. The van der Waals surface area contributed by atoms with Crippen LogP contribution >= 0.6 is 0 Å². The van der Waals surface area contributed by atoms with E-state index < -0.39 is 29.7 Å². The van der Waals surface area contributed by atoms with E-state index in [1.54, 1.807) is 24.0 Å². The summed E-state index contributed by atoms with van der Waals surface area (Å²) in [5.41, 5.74) is -0.494. The fourth-order valence-corrected chi connectivity index (χ4v) is 3.21. The highest BCUT2D eigenvalue weighted by molar-refractivity contribution is 5.97. The number of likely N-dealkylation sites (tertiary alicyclic amines) is 1. The summed E-state index contributed by atoms with van der Waals surface area (Å²) in [7, 11) is 1.73. The van der Waals surface area contributed by atoms with Gasteiger partial charge in [-0.25, -0.2) is 0 Å². The largest absolute Gasteiger partial charge is 0.416 e. The molecular weight excluding hydrogens is 389 g/mol. The van der Waals surface area contributed by atoms with Gasteiger partial charge in [-0.05, 0) is 37.1 Å². The Morgan fingerprint density at radius 1 is 1.31 bits per heavy atom. The third-order valence-electron chi connectivity index (χ3n) is 4.77. The Kier molecular flexibility index (Phi) is 5.92. The number of hydrogen-bond donors (Lipinski definition) is 2. The predicted molar refractivity (Wildman–Crippen MR) is 98.1 cm³/mol. The molecule has 156 valence electrons. The van der Waals surface area contributed by atoms with E-state index in [9.17, 15) is 27.9 Å². The quantitative estimate of drug-likeness (QED) is 0.791. The molecule has 7 nitrogen and oxygen atoms in total. The van der Waals surface area contributed by atoms with Gasteiger partial charge in [0.05, 0.1) is 11.7 Å². The van der Waals surface area contributed by atoms with Gasteiger partial charge in [0.1, 0.15) is 0 Å². The Hall–Kier alpha value is -2.88. The maximum Gasteiger partial charge on any atom is 0.416 e. The average molecular weight is 410 g/mol. The number of nitrogens with one attached hydrogen (secondary N) is 1. The van der Waals surface area contributed by atoms with Crippen LogP contribution in [0.15, 0.2) is 30.5 Å². The van der Waals surface area contributed by atoms with Crippen molar-refractivity contribution in [2.75, 3.05) is 18.4 Å². The molecule has 3 rings (SSSR count). The number of carbonyl (C=O) groups excluding carboxylic acids is 2. The van der Waals surface area contributed by atoms with Crippen molar-refractivity contribution in [1.82, 2.24) is 14.7 Å². The predicted octanol–water partition coefficient (Wildman–Crippen LogP) is 2.22. The van der Waals surface area contributed by atoms with Gasteiger partial charge in [-0.3, -0.25) is 14.3 Å². The Morgan fingerprint density at radius 2 is 2.07 bits per heavy atom. The molecule has 1 aromatic carbocycles. The number of nitrogens with zero attached hydrogens (tertiary/aromatic N) is 3. The zero-order valence-corrected chi connectivity index (χ0v) is 15.7. The lowest BCUT2D eigenvalue weighted by Gasteiger charge is -2.18. The van der Waals surface area contributed by atoms with Crippen molar-refractivity contribution < 1.29 is 27.9 Å². The van der Waals surface area contributed by atoms with Crippen molar-refractivity contribution in [3.63, 3.8) is 0 Å². The number of aryl methyl sites for hydroxylation is 2. The van der Waals surface area contributed by atoms with Gasteiger partial charge in [0.25, 0.3) is 5.91 Å². The Labute approximate surface area is 165 Å². The normalized spacial score (nSPS) is 16.9. The molecule has 2 aromatic rings. The number of alkyl halides is 3. The highest BCUT2D eigenvalue weighted by atomic mass is 19.4. The van der Waals surface area contributed by atoms with E-state index in [1.807, 2.05) is 0 Å². The Bertz CT molecular complexity index is 910. The summed E-state index contributed by atoms with van der Waals surface area (Å²) in [6.45, 7) is 0.337. The topological polar surface area (TPSA) is 87.5 Å². The first kappa shape index (κ1) is 20.8. The first-order chi connectivity index (χ1) is 13.6. The summed E-state index contributed by atoms with van der Waals surface area (Å²) in [4.78, 5) is 26.1. The number of hydrogen-bond acceptors (Lipinski definition) is 4. The number of rotatable bonds is 5. The first-order valence-corrected chi connectivity index (χ1v) is 9.10. The highest BCUT2D eigenvalue weighted by Gasteiger charge is 2.33. The van der Waals surface area contributed by atoms with Crippen LogP contribution in [0, 0.1) is 0 Å². The number of carbonyl (C=O) groups is 2. The summed E-state index contributed by atoms with van der Waals surface area (Å²) in [6, 6.07) is 4.54. The first-order valence-electron chi connectivity index (χ1n) is 9.10. The number of aliphatic hydroxyl groups is 1. The van der Waals surface area contributed by atoms with Gasteiger partial charge in [0, 0.05) is 49.7 Å². The smallest absolute Gasteiger partial charge is 0.391 e. The van der Waals surface area contributed by atoms with Crippen LogP contribution in [-0.2, 0) is 24.4 Å². The standard InChI is InChI=1S/C19H21F3N4O3/c1-25-15(4-6-23-25)2-3-17(28)24-14-9-12(8-13(10-14)19(20,21)22)18(29)26-7-5-16(27)11-26/h4,6,8-10,16,27H,2-3,5,7,11H2,1H3,(H,24,28)/t16-/m0/s1. The lowest BCUT2D eigenvalue weighted by atomic mass is 10.1. The summed E-state index contributed by atoms with van der Waals surface area (Å²) in [5, 5.41) is 16.0. The van der Waals surface area contributed by atoms with Crippen molar-refractivity contribution in [2.45, 2.75) is 31.5 Å². The molecule has 1 aliphatic rings. The SMILES string of the molecule is Cn1nccc1CCC(=O)Nc1cc(C(=O)N2CC[C@H](O)C2)cc(C(F)(F)F)c1. The van der Waals surface area contributed by atoms with Gasteiger partial charge < -0.3 is 15.3 Å². The molecule has 10 heteroatoms. The number of aromatic nitrogens is 2. The second-order valence-corrected chi connectivity index (χ2v) is 6.98. The van der Waals surface area contributed by atoms with E-state index in [0.29, 0.717) is 12.8 Å². The minimum Gasteiger partial charge on any atom is -0.391 e. The number of aliphatic hydroxyl groups excluding tert-OH is 1. The maximum absolute atomic E-state index is 13.3. The van der Waals surface area contributed by atoms with Crippen LogP contribution in [0.25, 0.3) is 0 Å². The van der Waals surface area contributed by atoms with E-state index in [1.165, 1.54) is 11.0 Å². The molecule has 0 bridgehead atoms. The molecule has 2 N–H and O–H groups in total.